The fraction of sp³-hybridized carbons (Fsp3) is 0.286. The van der Waals surface area contributed by atoms with Crippen LogP contribution >= 0.6 is 11.3 Å². The van der Waals surface area contributed by atoms with Crippen LogP contribution in [0.25, 0.3) is 10.7 Å². The molecule has 0 spiro atoms. The summed E-state index contributed by atoms with van der Waals surface area (Å²) < 4.78 is 0. The van der Waals surface area contributed by atoms with Crippen LogP contribution in [0.3, 0.4) is 0 Å². The van der Waals surface area contributed by atoms with Gasteiger partial charge in [-0.25, -0.2) is 4.98 Å². The van der Waals surface area contributed by atoms with Gasteiger partial charge in [-0.2, -0.15) is 15.0 Å². The van der Waals surface area contributed by atoms with Crippen LogP contribution in [0.5, 0.6) is 0 Å². The van der Waals surface area contributed by atoms with Gasteiger partial charge in [-0.3, -0.25) is 0 Å². The summed E-state index contributed by atoms with van der Waals surface area (Å²) in [5.41, 5.74) is 6.27. The number of nitrogens with zero attached hydrogens (tertiary/aromatic N) is 4. The molecule has 0 saturated heterocycles. The predicted molar refractivity (Wildman–Crippen MR) is 50.0 cm³/mol. The molecule has 0 bridgehead atoms. The summed E-state index contributed by atoms with van der Waals surface area (Å²) in [6.45, 7) is 0.526. The van der Waals surface area contributed by atoms with E-state index in [1.807, 2.05) is 0 Å². The topological polar surface area (TPSA) is 69.6 Å². The first-order valence-electron chi connectivity index (χ1n) is 3.81. The Bertz CT molecular complexity index is 404. The summed E-state index contributed by atoms with van der Waals surface area (Å²) in [5, 5.41) is 8.98. The van der Waals surface area contributed by atoms with E-state index >= 15 is 0 Å². The van der Waals surface area contributed by atoms with Gasteiger partial charge < -0.3 is 5.73 Å². The lowest BCUT2D eigenvalue weighted by molar-refractivity contribution is 0.655. The highest BCUT2D eigenvalue weighted by Gasteiger charge is 2.06. The van der Waals surface area contributed by atoms with Gasteiger partial charge in [-0.05, 0) is 0 Å². The van der Waals surface area contributed by atoms with Crippen molar-refractivity contribution < 1.29 is 0 Å². The lowest BCUT2D eigenvalue weighted by Gasteiger charge is -1.85. The first-order chi connectivity index (χ1) is 6.29. The van der Waals surface area contributed by atoms with Crippen LogP contribution in [-0.4, -0.2) is 20.0 Å². The summed E-state index contributed by atoms with van der Waals surface area (Å²) in [7, 11) is 1.78. The third-order valence-corrected chi connectivity index (χ3v) is 2.62. The third-order valence-electron chi connectivity index (χ3n) is 1.57. The van der Waals surface area contributed by atoms with E-state index in [-0.39, 0.29) is 0 Å². The number of aryl methyl sites for hydroxylation is 1. The average molecular weight is 195 g/mol. The summed E-state index contributed by atoms with van der Waals surface area (Å²) in [6, 6.07) is 0. The van der Waals surface area contributed by atoms with Crippen LogP contribution in [0.2, 0.25) is 0 Å². The summed E-state index contributed by atoms with van der Waals surface area (Å²) in [5.74, 6) is 0. The molecule has 5 nitrogen and oxygen atoms in total. The van der Waals surface area contributed by atoms with Crippen molar-refractivity contribution in [3.05, 3.63) is 17.3 Å². The molecule has 0 aliphatic carbocycles. The number of rotatable bonds is 2. The molecule has 2 aromatic heterocycles. The van der Waals surface area contributed by atoms with Crippen molar-refractivity contribution in [1.29, 1.82) is 0 Å². The Morgan fingerprint density at radius 2 is 2.38 bits per heavy atom. The van der Waals surface area contributed by atoms with Gasteiger partial charge >= 0.3 is 0 Å². The van der Waals surface area contributed by atoms with Crippen LogP contribution in [0, 0.1) is 0 Å². The molecule has 0 saturated carbocycles. The quantitative estimate of drug-likeness (QED) is 0.753. The number of thiazole rings is 1. The molecule has 0 aliphatic rings. The molecule has 0 unspecified atom stereocenters. The highest BCUT2D eigenvalue weighted by Crippen LogP contribution is 2.21. The molecule has 0 amide bonds. The number of aromatic nitrogens is 4. The minimum absolute atomic E-state index is 0.526. The zero-order chi connectivity index (χ0) is 9.26. The van der Waals surface area contributed by atoms with E-state index in [0.29, 0.717) is 6.54 Å². The monoisotopic (exact) mass is 195 g/mol. The van der Waals surface area contributed by atoms with Crippen LogP contribution in [-0.2, 0) is 13.6 Å². The fourth-order valence-corrected chi connectivity index (χ4v) is 1.70. The molecule has 0 atom stereocenters. The van der Waals surface area contributed by atoms with Crippen LogP contribution < -0.4 is 5.73 Å². The van der Waals surface area contributed by atoms with Crippen molar-refractivity contribution in [3.63, 3.8) is 0 Å². The van der Waals surface area contributed by atoms with Crippen molar-refractivity contribution in [3.8, 4) is 10.7 Å². The normalized spacial score (nSPS) is 10.6. The summed E-state index contributed by atoms with van der Waals surface area (Å²) in [4.78, 5) is 6.76. The molecule has 0 aliphatic heterocycles. The fourth-order valence-electron chi connectivity index (χ4n) is 0.964. The molecule has 13 heavy (non-hydrogen) atoms. The molecule has 0 aromatic carbocycles. The van der Waals surface area contributed by atoms with Crippen LogP contribution in [0.1, 0.15) is 4.88 Å². The SMILES string of the molecule is Cn1ncc(-c2ncc(CN)s2)n1. The van der Waals surface area contributed by atoms with Crippen LogP contribution in [0.15, 0.2) is 12.4 Å². The van der Waals surface area contributed by atoms with E-state index in [9.17, 15) is 0 Å². The maximum atomic E-state index is 5.48. The van der Waals surface area contributed by atoms with Gasteiger partial charge in [0.05, 0.1) is 6.20 Å². The molecule has 2 N–H and O–H groups in total. The third kappa shape index (κ3) is 1.58. The molecule has 2 aromatic rings. The minimum Gasteiger partial charge on any atom is -0.326 e. The van der Waals surface area contributed by atoms with Gasteiger partial charge in [0.25, 0.3) is 0 Å². The van der Waals surface area contributed by atoms with Gasteiger partial charge in [0.15, 0.2) is 0 Å². The maximum Gasteiger partial charge on any atom is 0.145 e. The van der Waals surface area contributed by atoms with E-state index in [2.05, 4.69) is 15.2 Å². The van der Waals surface area contributed by atoms with E-state index in [1.165, 1.54) is 4.80 Å². The zero-order valence-corrected chi connectivity index (χ0v) is 7.95. The van der Waals surface area contributed by atoms with Crippen molar-refractivity contribution >= 4 is 11.3 Å². The Kier molecular flexibility index (Phi) is 2.07. The predicted octanol–water partition coefficient (Wildman–Crippen LogP) is 0.397. The van der Waals surface area contributed by atoms with E-state index in [1.54, 1.807) is 30.8 Å². The Morgan fingerprint density at radius 1 is 1.54 bits per heavy atom. The van der Waals surface area contributed by atoms with Gasteiger partial charge in [-0.15, -0.1) is 11.3 Å². The maximum absolute atomic E-state index is 5.48. The Balaban J connectivity index is 2.35. The number of hydrogen-bond donors (Lipinski definition) is 1. The summed E-state index contributed by atoms with van der Waals surface area (Å²) in [6.07, 6.45) is 3.47. The molecular weight excluding hydrogens is 186 g/mol. The largest absolute Gasteiger partial charge is 0.326 e. The minimum atomic E-state index is 0.526. The van der Waals surface area contributed by atoms with Gasteiger partial charge in [0, 0.05) is 24.7 Å². The van der Waals surface area contributed by atoms with E-state index in [4.69, 9.17) is 5.73 Å². The Morgan fingerprint density at radius 3 is 2.92 bits per heavy atom. The standard InChI is InChI=1S/C7H9N5S/c1-12-10-4-6(11-12)7-9-3-5(2-8)13-7/h3-4H,2,8H2,1H3. The Hall–Kier alpha value is -1.27. The second-order valence-electron chi connectivity index (χ2n) is 2.56. The van der Waals surface area contributed by atoms with Crippen molar-refractivity contribution in [1.82, 2.24) is 20.0 Å². The second-order valence-corrected chi connectivity index (χ2v) is 3.67. The molecular formula is C7H9N5S. The summed E-state index contributed by atoms with van der Waals surface area (Å²) >= 11 is 1.55. The number of hydrogen-bond acceptors (Lipinski definition) is 5. The smallest absolute Gasteiger partial charge is 0.145 e. The highest BCUT2D eigenvalue weighted by molar-refractivity contribution is 7.14. The first-order valence-corrected chi connectivity index (χ1v) is 4.62. The molecule has 2 heterocycles. The van der Waals surface area contributed by atoms with Gasteiger partial charge in [-0.1, -0.05) is 0 Å². The Labute approximate surface area is 79.2 Å². The van der Waals surface area contributed by atoms with E-state index < -0.39 is 0 Å². The van der Waals surface area contributed by atoms with Gasteiger partial charge in [0.1, 0.15) is 10.7 Å². The van der Waals surface area contributed by atoms with E-state index in [0.717, 1.165) is 15.6 Å². The molecule has 68 valence electrons. The molecule has 0 radical (unpaired) electrons. The second kappa shape index (κ2) is 3.23. The van der Waals surface area contributed by atoms with Crippen molar-refractivity contribution in [2.45, 2.75) is 6.54 Å². The van der Waals surface area contributed by atoms with Gasteiger partial charge in [0.2, 0.25) is 0 Å². The molecule has 0 fully saturated rings. The number of nitrogens with two attached hydrogens (primary N) is 1. The lowest BCUT2D eigenvalue weighted by Crippen LogP contribution is -1.91. The van der Waals surface area contributed by atoms with Crippen molar-refractivity contribution in [2.75, 3.05) is 0 Å². The first kappa shape index (κ1) is 8.33. The lowest BCUT2D eigenvalue weighted by atomic mass is 10.5. The average Bonchev–Trinajstić information content (AvgIpc) is 2.71. The van der Waals surface area contributed by atoms with Crippen molar-refractivity contribution in [2.24, 2.45) is 12.8 Å². The molecule has 2 rings (SSSR count). The zero-order valence-electron chi connectivity index (χ0n) is 7.14. The molecule has 6 heteroatoms. The van der Waals surface area contributed by atoms with Crippen LogP contribution in [0.4, 0.5) is 0 Å². The highest BCUT2D eigenvalue weighted by atomic mass is 32.1.